The number of hydrogen-bond donors (Lipinski definition) is 1. The van der Waals surface area contributed by atoms with Gasteiger partial charge >= 0.3 is 11.9 Å². The number of unbranched alkanes of at least 4 members (excludes halogenated alkanes) is 1. The van der Waals surface area contributed by atoms with Crippen LogP contribution in [0.5, 0.6) is 0 Å². The first-order chi connectivity index (χ1) is 10.1. The summed E-state index contributed by atoms with van der Waals surface area (Å²) in [6.07, 6.45) is 2.69. The zero-order valence-corrected chi connectivity index (χ0v) is 12.5. The Morgan fingerprint density at radius 1 is 1.14 bits per heavy atom. The molecule has 0 atom stereocenters. The molecule has 1 heterocycles. The first kappa shape index (κ1) is 15.1. The highest BCUT2D eigenvalue weighted by Gasteiger charge is 2.22. The van der Waals surface area contributed by atoms with Gasteiger partial charge in [0.1, 0.15) is 0 Å². The maximum Gasteiger partial charge on any atom is 0.340 e. The summed E-state index contributed by atoms with van der Waals surface area (Å²) >= 11 is 0. The quantitative estimate of drug-likeness (QED) is 0.859. The van der Waals surface area contributed by atoms with Crippen LogP contribution in [0, 0.1) is 0 Å². The average molecular weight is 289 g/mol. The molecule has 0 bridgehead atoms. The number of esters is 2. The summed E-state index contributed by atoms with van der Waals surface area (Å²) in [6.45, 7) is 2.08. The number of rotatable bonds is 5. The molecule has 0 saturated carbocycles. The van der Waals surface area contributed by atoms with E-state index in [0.29, 0.717) is 22.0 Å². The van der Waals surface area contributed by atoms with Crippen molar-refractivity contribution in [3.63, 3.8) is 0 Å². The molecule has 0 radical (unpaired) electrons. The van der Waals surface area contributed by atoms with Crippen LogP contribution in [0.15, 0.2) is 18.2 Å². The summed E-state index contributed by atoms with van der Waals surface area (Å²) < 4.78 is 9.66. The molecular formula is C16H19NO4. The molecule has 5 nitrogen and oxygen atoms in total. The Morgan fingerprint density at radius 2 is 1.86 bits per heavy atom. The maximum atomic E-state index is 12.1. The van der Waals surface area contributed by atoms with Crippen LogP contribution in [0.4, 0.5) is 0 Å². The molecule has 21 heavy (non-hydrogen) atoms. The van der Waals surface area contributed by atoms with Gasteiger partial charge < -0.3 is 14.5 Å². The third-order valence-electron chi connectivity index (χ3n) is 3.49. The zero-order chi connectivity index (χ0) is 15.4. The minimum Gasteiger partial charge on any atom is -0.465 e. The van der Waals surface area contributed by atoms with Crippen molar-refractivity contribution < 1.29 is 19.1 Å². The number of aromatic nitrogens is 1. The normalized spacial score (nSPS) is 10.6. The topological polar surface area (TPSA) is 68.4 Å². The van der Waals surface area contributed by atoms with Gasteiger partial charge in [-0.15, -0.1) is 0 Å². The SMILES string of the molecule is CCCCc1[nH]c2c(C(=O)OC)cccc2c1C(=O)OC. The van der Waals surface area contributed by atoms with Crippen molar-refractivity contribution in [3.05, 3.63) is 35.0 Å². The lowest BCUT2D eigenvalue weighted by Gasteiger charge is -2.02. The third-order valence-corrected chi connectivity index (χ3v) is 3.49. The van der Waals surface area contributed by atoms with Crippen LogP contribution in [-0.2, 0) is 15.9 Å². The standard InChI is InChI=1S/C16H19NO4/c1-4-5-9-12-13(16(19)21-3)10-7-6-8-11(14(10)17-12)15(18)20-2/h6-8,17H,4-5,9H2,1-3H3. The van der Waals surface area contributed by atoms with Crippen molar-refractivity contribution in [1.82, 2.24) is 4.98 Å². The second-order valence-electron chi connectivity index (χ2n) is 4.79. The van der Waals surface area contributed by atoms with E-state index in [1.807, 2.05) is 0 Å². The van der Waals surface area contributed by atoms with E-state index >= 15 is 0 Å². The molecule has 0 aliphatic heterocycles. The Bertz CT molecular complexity index is 672. The van der Waals surface area contributed by atoms with Crippen LogP contribution >= 0.6 is 0 Å². The fraction of sp³-hybridized carbons (Fsp3) is 0.375. The number of methoxy groups -OCH3 is 2. The van der Waals surface area contributed by atoms with Gasteiger partial charge in [-0.05, 0) is 18.9 Å². The molecule has 1 aromatic carbocycles. The number of carbonyl (C=O) groups is 2. The Morgan fingerprint density at radius 3 is 2.48 bits per heavy atom. The van der Waals surface area contributed by atoms with Gasteiger partial charge in [0.05, 0.1) is 30.9 Å². The average Bonchev–Trinajstić information content (AvgIpc) is 2.89. The van der Waals surface area contributed by atoms with Crippen molar-refractivity contribution in [1.29, 1.82) is 0 Å². The molecule has 0 fully saturated rings. The lowest BCUT2D eigenvalue weighted by atomic mass is 10.1. The molecule has 1 N–H and O–H groups in total. The first-order valence-electron chi connectivity index (χ1n) is 6.94. The van der Waals surface area contributed by atoms with Gasteiger partial charge in [0.2, 0.25) is 0 Å². The van der Waals surface area contributed by atoms with Crippen molar-refractivity contribution in [2.24, 2.45) is 0 Å². The van der Waals surface area contributed by atoms with Crippen molar-refractivity contribution >= 4 is 22.8 Å². The van der Waals surface area contributed by atoms with Gasteiger partial charge in [-0.1, -0.05) is 25.5 Å². The summed E-state index contributed by atoms with van der Waals surface area (Å²) in [7, 11) is 2.69. The fourth-order valence-electron chi connectivity index (χ4n) is 2.43. The summed E-state index contributed by atoms with van der Waals surface area (Å²) in [5, 5.41) is 0.691. The lowest BCUT2D eigenvalue weighted by molar-refractivity contribution is 0.0592. The highest BCUT2D eigenvalue weighted by Crippen LogP contribution is 2.27. The van der Waals surface area contributed by atoms with Gasteiger partial charge in [0.25, 0.3) is 0 Å². The second-order valence-corrected chi connectivity index (χ2v) is 4.79. The van der Waals surface area contributed by atoms with Crippen LogP contribution in [0.1, 0.15) is 46.2 Å². The molecule has 1 aromatic heterocycles. The number of hydrogen-bond acceptors (Lipinski definition) is 4. The van der Waals surface area contributed by atoms with Crippen molar-refractivity contribution in [3.8, 4) is 0 Å². The van der Waals surface area contributed by atoms with Gasteiger partial charge in [0.15, 0.2) is 0 Å². The molecule has 0 aliphatic carbocycles. The van der Waals surface area contributed by atoms with E-state index in [2.05, 4.69) is 11.9 Å². The molecule has 5 heteroatoms. The number of H-pyrrole nitrogens is 1. The van der Waals surface area contributed by atoms with Crippen LogP contribution in [-0.4, -0.2) is 31.1 Å². The summed E-state index contributed by atoms with van der Waals surface area (Å²) in [5.41, 5.74) is 2.35. The Hall–Kier alpha value is -2.30. The van der Waals surface area contributed by atoms with E-state index in [0.717, 1.165) is 25.0 Å². The molecule has 0 spiro atoms. The molecule has 0 amide bonds. The number of fused-ring (bicyclic) bond motifs is 1. The number of aryl methyl sites for hydroxylation is 1. The molecule has 0 unspecified atom stereocenters. The van der Waals surface area contributed by atoms with Crippen LogP contribution in [0.3, 0.4) is 0 Å². The molecule has 2 rings (SSSR count). The molecule has 0 aliphatic rings. The smallest absolute Gasteiger partial charge is 0.340 e. The van der Waals surface area contributed by atoms with E-state index in [1.54, 1.807) is 18.2 Å². The van der Waals surface area contributed by atoms with Crippen molar-refractivity contribution in [2.75, 3.05) is 14.2 Å². The molecule has 0 saturated heterocycles. The van der Waals surface area contributed by atoms with E-state index in [-0.39, 0.29) is 0 Å². The van der Waals surface area contributed by atoms with E-state index in [9.17, 15) is 9.59 Å². The Kier molecular flexibility index (Phi) is 4.62. The number of aromatic amines is 1. The highest BCUT2D eigenvalue weighted by molar-refractivity contribution is 6.11. The van der Waals surface area contributed by atoms with Gasteiger partial charge in [0, 0.05) is 11.1 Å². The minimum absolute atomic E-state index is 0.394. The summed E-state index contributed by atoms with van der Waals surface area (Å²) in [4.78, 5) is 27.1. The van der Waals surface area contributed by atoms with Crippen molar-refractivity contribution in [2.45, 2.75) is 26.2 Å². The third kappa shape index (κ3) is 2.77. The molecular weight excluding hydrogens is 270 g/mol. The van der Waals surface area contributed by atoms with E-state index in [1.165, 1.54) is 14.2 Å². The lowest BCUT2D eigenvalue weighted by Crippen LogP contribution is -2.04. The van der Waals surface area contributed by atoms with Crippen LogP contribution in [0.25, 0.3) is 10.9 Å². The van der Waals surface area contributed by atoms with Crippen LogP contribution in [0.2, 0.25) is 0 Å². The number of carbonyl (C=O) groups excluding carboxylic acids is 2. The number of ether oxygens (including phenoxy) is 2. The predicted octanol–water partition coefficient (Wildman–Crippen LogP) is 3.08. The monoisotopic (exact) mass is 289 g/mol. The molecule has 2 aromatic rings. The minimum atomic E-state index is -0.430. The van der Waals surface area contributed by atoms with Crippen LogP contribution < -0.4 is 0 Å². The van der Waals surface area contributed by atoms with Gasteiger partial charge in [-0.25, -0.2) is 9.59 Å². The fourth-order valence-corrected chi connectivity index (χ4v) is 2.43. The summed E-state index contributed by atoms with van der Waals surface area (Å²) in [6, 6.07) is 5.22. The summed E-state index contributed by atoms with van der Waals surface area (Å²) in [5.74, 6) is -0.824. The maximum absolute atomic E-state index is 12.1. The highest BCUT2D eigenvalue weighted by atomic mass is 16.5. The predicted molar refractivity (Wildman–Crippen MR) is 79.6 cm³/mol. The Balaban J connectivity index is 2.66. The van der Waals surface area contributed by atoms with E-state index < -0.39 is 11.9 Å². The Labute approximate surface area is 123 Å². The zero-order valence-electron chi connectivity index (χ0n) is 12.5. The number of benzene rings is 1. The molecule has 112 valence electrons. The van der Waals surface area contributed by atoms with Gasteiger partial charge in [-0.2, -0.15) is 0 Å². The number of para-hydroxylation sites is 1. The largest absolute Gasteiger partial charge is 0.465 e. The second kappa shape index (κ2) is 6.43. The van der Waals surface area contributed by atoms with E-state index in [4.69, 9.17) is 9.47 Å². The first-order valence-corrected chi connectivity index (χ1v) is 6.94. The van der Waals surface area contributed by atoms with Gasteiger partial charge in [-0.3, -0.25) is 0 Å². The number of nitrogens with one attached hydrogen (secondary N) is 1.